The van der Waals surface area contributed by atoms with Gasteiger partial charge >= 0.3 is 0 Å². The van der Waals surface area contributed by atoms with Crippen molar-refractivity contribution < 1.29 is 18.0 Å². The Morgan fingerprint density at radius 2 is 1.74 bits per heavy atom. The average molecular weight is 455 g/mol. The van der Waals surface area contributed by atoms with E-state index in [1.54, 1.807) is 61.5 Å². The van der Waals surface area contributed by atoms with Crippen LogP contribution in [0.1, 0.15) is 22.2 Å². The first kappa shape index (κ1) is 20.8. The van der Waals surface area contributed by atoms with Gasteiger partial charge in [-0.3, -0.25) is 19.3 Å². The molecular weight excluding hydrogens is 436 g/mol. The van der Waals surface area contributed by atoms with Gasteiger partial charge in [0.15, 0.2) is 0 Å². The lowest BCUT2D eigenvalue weighted by molar-refractivity contribution is -0.117. The second-order valence-electron chi connectivity index (χ2n) is 6.76. The molecule has 0 saturated heterocycles. The molecule has 0 saturated carbocycles. The van der Waals surface area contributed by atoms with E-state index >= 15 is 0 Å². The number of anilines is 2. The Morgan fingerprint density at radius 3 is 2.48 bits per heavy atom. The first-order valence-corrected chi connectivity index (χ1v) is 11.7. The van der Waals surface area contributed by atoms with E-state index in [1.165, 1.54) is 17.4 Å². The van der Waals surface area contributed by atoms with Crippen LogP contribution in [-0.2, 0) is 14.8 Å². The fraction of sp³-hybridized carbons (Fsp3) is 0.0952. The van der Waals surface area contributed by atoms with Crippen LogP contribution in [0.3, 0.4) is 0 Å². The number of amides is 2. The third-order valence-electron chi connectivity index (χ3n) is 4.50. The number of benzene rings is 2. The van der Waals surface area contributed by atoms with Crippen molar-refractivity contribution in [3.63, 3.8) is 0 Å². The van der Waals surface area contributed by atoms with E-state index in [1.807, 2.05) is 5.38 Å². The van der Waals surface area contributed by atoms with E-state index in [0.29, 0.717) is 21.8 Å². The van der Waals surface area contributed by atoms with E-state index in [2.05, 4.69) is 20.3 Å². The summed E-state index contributed by atoms with van der Waals surface area (Å²) in [5.74, 6) is -0.515. The molecule has 10 heteroatoms. The normalized spacial score (nSPS) is 16.2. The fourth-order valence-electron chi connectivity index (χ4n) is 3.00. The number of amidine groups is 1. The van der Waals surface area contributed by atoms with E-state index in [4.69, 9.17) is 0 Å². The predicted octanol–water partition coefficient (Wildman–Crippen LogP) is 3.07. The van der Waals surface area contributed by atoms with Gasteiger partial charge in [0.05, 0.1) is 9.77 Å². The topological polar surface area (TPSA) is 117 Å². The number of carbonyl (C=O) groups excluding carboxylic acids is 2. The van der Waals surface area contributed by atoms with Crippen LogP contribution in [0, 0.1) is 0 Å². The number of aliphatic imine (C=N–C) groups is 1. The highest BCUT2D eigenvalue weighted by molar-refractivity contribution is 7.90. The molecule has 31 heavy (non-hydrogen) atoms. The van der Waals surface area contributed by atoms with Gasteiger partial charge in [0.25, 0.3) is 15.9 Å². The van der Waals surface area contributed by atoms with Crippen LogP contribution in [0.15, 0.2) is 75.9 Å². The zero-order valence-electron chi connectivity index (χ0n) is 16.3. The van der Waals surface area contributed by atoms with Gasteiger partial charge in [-0.25, -0.2) is 8.42 Å². The molecule has 0 unspecified atom stereocenters. The summed E-state index contributed by atoms with van der Waals surface area (Å²) in [5, 5.41) is 7.34. The molecule has 0 bridgehead atoms. The van der Waals surface area contributed by atoms with Crippen LogP contribution in [0.25, 0.3) is 0 Å². The summed E-state index contributed by atoms with van der Waals surface area (Å²) < 4.78 is 26.8. The molecule has 1 aliphatic rings. The van der Waals surface area contributed by atoms with Crippen LogP contribution in [0.5, 0.6) is 0 Å². The third-order valence-corrected chi connectivity index (χ3v) is 6.76. The maximum Gasteiger partial charge on any atom is 0.265 e. The smallest absolute Gasteiger partial charge is 0.265 e. The van der Waals surface area contributed by atoms with Crippen LogP contribution in [-0.4, -0.2) is 32.1 Å². The summed E-state index contributed by atoms with van der Waals surface area (Å²) in [4.78, 5) is 29.8. The van der Waals surface area contributed by atoms with Crippen molar-refractivity contribution in [1.29, 1.82) is 0 Å². The lowest BCUT2D eigenvalue weighted by Crippen LogP contribution is -2.28. The summed E-state index contributed by atoms with van der Waals surface area (Å²) >= 11 is 1.33. The molecule has 8 nitrogen and oxygen atoms in total. The SMILES string of the molecule is C[C@H](N=C1NS(=O)(=O)c2ccccc21)C(=O)Nc1cccc(NC(=O)c2cccs2)c1. The van der Waals surface area contributed by atoms with Crippen molar-refractivity contribution >= 4 is 50.4 Å². The monoisotopic (exact) mass is 454 g/mol. The third kappa shape index (κ3) is 4.49. The Labute approximate surface area is 183 Å². The zero-order valence-corrected chi connectivity index (χ0v) is 18.0. The van der Waals surface area contributed by atoms with Crippen LogP contribution < -0.4 is 15.4 Å². The second kappa shape index (κ2) is 8.32. The molecule has 2 heterocycles. The standard InChI is InChI=1S/C21H18N4O4S2/c1-13(22-19-16-8-2-3-10-18(16)31(28,29)25-19)20(26)23-14-6-4-7-15(12-14)24-21(27)17-9-5-11-30-17/h2-13H,1H3,(H,22,25)(H,23,26)(H,24,27)/t13-/m0/s1. The summed E-state index contributed by atoms with van der Waals surface area (Å²) in [6.07, 6.45) is 0. The summed E-state index contributed by atoms with van der Waals surface area (Å²) in [7, 11) is -3.67. The molecule has 3 aromatic rings. The molecule has 1 aromatic heterocycles. The number of rotatable bonds is 5. The first-order chi connectivity index (χ1) is 14.8. The maximum atomic E-state index is 12.6. The number of sulfonamides is 1. The largest absolute Gasteiger partial charge is 0.324 e. The molecule has 158 valence electrons. The minimum absolute atomic E-state index is 0.134. The van der Waals surface area contributed by atoms with Gasteiger partial charge in [-0.05, 0) is 48.7 Å². The zero-order chi connectivity index (χ0) is 22.0. The molecule has 1 atom stereocenters. The Hall–Kier alpha value is -3.50. The number of carbonyl (C=O) groups is 2. The molecule has 4 rings (SSSR count). The highest BCUT2D eigenvalue weighted by Crippen LogP contribution is 2.23. The molecule has 0 radical (unpaired) electrons. The highest BCUT2D eigenvalue weighted by atomic mass is 32.2. The first-order valence-electron chi connectivity index (χ1n) is 9.29. The number of hydrogen-bond donors (Lipinski definition) is 3. The maximum absolute atomic E-state index is 12.6. The number of nitrogens with zero attached hydrogens (tertiary/aromatic N) is 1. The average Bonchev–Trinajstić information content (AvgIpc) is 3.36. The van der Waals surface area contributed by atoms with Gasteiger partial charge in [0.2, 0.25) is 5.91 Å². The van der Waals surface area contributed by atoms with Gasteiger partial charge in [-0.15, -0.1) is 11.3 Å². The van der Waals surface area contributed by atoms with Crippen molar-refractivity contribution in [3.8, 4) is 0 Å². The van der Waals surface area contributed by atoms with Gasteiger partial charge in [0.1, 0.15) is 11.9 Å². The summed E-state index contributed by atoms with van der Waals surface area (Å²) in [5.41, 5.74) is 1.45. The Balaban J connectivity index is 1.46. The highest BCUT2D eigenvalue weighted by Gasteiger charge is 2.31. The molecule has 0 fully saturated rings. The van der Waals surface area contributed by atoms with Gasteiger partial charge in [-0.1, -0.05) is 24.3 Å². The molecule has 1 aliphatic heterocycles. The van der Waals surface area contributed by atoms with E-state index in [9.17, 15) is 18.0 Å². The Bertz CT molecular complexity index is 1280. The predicted molar refractivity (Wildman–Crippen MR) is 120 cm³/mol. The molecule has 3 N–H and O–H groups in total. The van der Waals surface area contributed by atoms with Crippen LogP contribution >= 0.6 is 11.3 Å². The van der Waals surface area contributed by atoms with Crippen LogP contribution in [0.2, 0.25) is 0 Å². The van der Waals surface area contributed by atoms with E-state index < -0.39 is 22.0 Å². The minimum Gasteiger partial charge on any atom is -0.324 e. The molecular formula is C21H18N4O4S2. The Kier molecular flexibility index (Phi) is 5.57. The fourth-order valence-corrected chi connectivity index (χ4v) is 4.86. The molecule has 0 spiro atoms. The van der Waals surface area contributed by atoms with Crippen LogP contribution in [0.4, 0.5) is 11.4 Å². The molecule has 2 aromatic carbocycles. The number of fused-ring (bicyclic) bond motifs is 1. The van der Waals surface area contributed by atoms with Crippen molar-refractivity contribution in [2.75, 3.05) is 10.6 Å². The summed E-state index contributed by atoms with van der Waals surface area (Å²) in [6.45, 7) is 1.57. The number of thiophene rings is 1. The second-order valence-corrected chi connectivity index (χ2v) is 9.36. The van der Waals surface area contributed by atoms with Crippen molar-refractivity contribution in [2.24, 2.45) is 4.99 Å². The lowest BCUT2D eigenvalue weighted by atomic mass is 10.2. The van der Waals surface area contributed by atoms with Gasteiger partial charge < -0.3 is 10.6 Å². The lowest BCUT2D eigenvalue weighted by Gasteiger charge is -2.11. The number of nitrogens with one attached hydrogen (secondary N) is 3. The van der Waals surface area contributed by atoms with Gasteiger partial charge in [0, 0.05) is 16.9 Å². The van der Waals surface area contributed by atoms with Crippen molar-refractivity contribution in [1.82, 2.24) is 4.72 Å². The molecule has 2 amide bonds. The molecule has 0 aliphatic carbocycles. The number of hydrogen-bond acceptors (Lipinski definition) is 6. The Morgan fingerprint density at radius 1 is 1.00 bits per heavy atom. The quantitative estimate of drug-likeness (QED) is 0.549. The summed E-state index contributed by atoms with van der Waals surface area (Å²) in [6, 6.07) is 15.9. The minimum atomic E-state index is -3.67. The van der Waals surface area contributed by atoms with E-state index in [0.717, 1.165) is 0 Å². The van der Waals surface area contributed by atoms with Crippen molar-refractivity contribution in [3.05, 3.63) is 76.5 Å². The van der Waals surface area contributed by atoms with Crippen molar-refractivity contribution in [2.45, 2.75) is 17.9 Å². The van der Waals surface area contributed by atoms with Gasteiger partial charge in [-0.2, -0.15) is 0 Å². The van der Waals surface area contributed by atoms with E-state index in [-0.39, 0.29) is 16.6 Å².